The number of carbonyl (C=O) groups is 8. The lowest BCUT2D eigenvalue weighted by atomic mass is 9.83. The summed E-state index contributed by atoms with van der Waals surface area (Å²) >= 11 is 0. The SMILES string of the molecule is CCCC(NC(=O)[C@@H]1Cc2cccc(c2)Oc2ccc(cc2)C[C@H](NC(=O)OC(C)(C)C)C(=O)N[C@@H](C2CCCCC2)C(=O)N1)C(=O)C(=O)NCC(=O)N[C@H](C(=O)O)c1ccccc1. The number of Topliss-reactive ketones (excluding diaryl/α,β-unsaturated/α-hetero) is 1. The van der Waals surface area contributed by atoms with Crippen molar-refractivity contribution >= 4 is 47.4 Å². The zero-order chi connectivity index (χ0) is 46.4. The van der Waals surface area contributed by atoms with Crippen molar-refractivity contribution in [1.29, 1.82) is 0 Å². The van der Waals surface area contributed by atoms with Crippen molar-refractivity contribution in [3.63, 3.8) is 0 Å². The van der Waals surface area contributed by atoms with Gasteiger partial charge in [-0.1, -0.05) is 87.2 Å². The van der Waals surface area contributed by atoms with Crippen molar-refractivity contribution in [2.24, 2.45) is 5.92 Å². The first-order valence-corrected chi connectivity index (χ1v) is 21.6. The molecule has 1 aliphatic carbocycles. The maximum Gasteiger partial charge on any atom is 0.408 e. The molecule has 2 aliphatic heterocycles. The second-order valence-corrected chi connectivity index (χ2v) is 17.1. The number of aliphatic carboxylic acids is 1. The van der Waals surface area contributed by atoms with E-state index >= 15 is 0 Å². The van der Waals surface area contributed by atoms with Crippen LogP contribution in [0.4, 0.5) is 4.79 Å². The highest BCUT2D eigenvalue weighted by Gasteiger charge is 2.37. The molecule has 17 nitrogen and oxygen atoms in total. The van der Waals surface area contributed by atoms with Gasteiger partial charge in [-0.05, 0) is 86.9 Å². The van der Waals surface area contributed by atoms with Gasteiger partial charge in [0.15, 0.2) is 6.04 Å². The van der Waals surface area contributed by atoms with Gasteiger partial charge in [0.25, 0.3) is 5.91 Å². The average molecular weight is 883 g/mol. The van der Waals surface area contributed by atoms with Gasteiger partial charge in [-0.2, -0.15) is 0 Å². The Hall–Kier alpha value is -6.78. The van der Waals surface area contributed by atoms with E-state index in [0.717, 1.165) is 19.3 Å². The molecule has 3 aliphatic rings. The number of hydrogen-bond donors (Lipinski definition) is 7. The van der Waals surface area contributed by atoms with Crippen molar-refractivity contribution in [2.45, 2.75) is 121 Å². The molecule has 64 heavy (non-hydrogen) atoms. The minimum absolute atomic E-state index is 0.0225. The number of carbonyl (C=O) groups excluding carboxylic acids is 7. The molecule has 0 saturated heterocycles. The van der Waals surface area contributed by atoms with Crippen LogP contribution < -0.4 is 36.6 Å². The highest BCUT2D eigenvalue weighted by atomic mass is 16.6. The number of carboxylic acids is 1. The summed E-state index contributed by atoms with van der Waals surface area (Å²) in [7, 11) is 0. The number of hydrogen-bond acceptors (Lipinski definition) is 10. The quantitative estimate of drug-likeness (QED) is 0.121. The van der Waals surface area contributed by atoms with E-state index in [4.69, 9.17) is 9.47 Å². The molecule has 4 bridgehead atoms. The Morgan fingerprint density at radius 2 is 1.52 bits per heavy atom. The van der Waals surface area contributed by atoms with E-state index in [-0.39, 0.29) is 25.2 Å². The summed E-state index contributed by atoms with van der Waals surface area (Å²) in [6, 6.07) is 15.4. The first kappa shape index (κ1) is 48.3. The van der Waals surface area contributed by atoms with E-state index in [2.05, 4.69) is 31.9 Å². The van der Waals surface area contributed by atoms with Crippen molar-refractivity contribution in [1.82, 2.24) is 31.9 Å². The standard InChI is InChI=1S/C47H58N6O11/c1-5-13-34(40(55)44(59)48-27-37(54)52-39(45(60)61)31-17-10-7-11-18-31)49-41(56)35-26-29-14-12-19-33(24-29)63-32-22-20-28(21-23-32)25-36(51-46(62)64-47(2,3)4)42(57)53-38(43(58)50-35)30-15-8-6-9-16-30/h7,10-12,14,17-24,30,34-36,38-39H,5-6,8-9,13,15-16,25-27H2,1-4H3,(H,48,59)(H,49,56)(H,50,58)(H,51,62)(H,52,54)(H,53,57)(H,60,61)/t34?,35-,36-,38-,39-/m0/s1. The van der Waals surface area contributed by atoms with Crippen LogP contribution in [0.3, 0.4) is 0 Å². The van der Waals surface area contributed by atoms with E-state index in [1.54, 1.807) is 94.4 Å². The highest BCUT2D eigenvalue weighted by molar-refractivity contribution is 6.38. The number of ketones is 1. The molecule has 7 N–H and O–H groups in total. The van der Waals surface area contributed by atoms with Gasteiger partial charge in [0.05, 0.1) is 12.6 Å². The fourth-order valence-electron chi connectivity index (χ4n) is 7.67. The molecular formula is C47H58N6O11. The lowest BCUT2D eigenvalue weighted by Gasteiger charge is -2.33. The fourth-order valence-corrected chi connectivity index (χ4v) is 7.67. The molecule has 6 amide bonds. The topological polar surface area (TPSA) is 247 Å². The van der Waals surface area contributed by atoms with Crippen LogP contribution in [0.15, 0.2) is 78.9 Å². The predicted octanol–water partition coefficient (Wildman–Crippen LogP) is 3.93. The molecule has 2 heterocycles. The second kappa shape index (κ2) is 22.5. The molecule has 1 unspecified atom stereocenters. The van der Waals surface area contributed by atoms with Gasteiger partial charge in [-0.3, -0.25) is 28.8 Å². The molecule has 1 saturated carbocycles. The molecule has 5 atom stereocenters. The van der Waals surface area contributed by atoms with Crippen molar-refractivity contribution in [3.05, 3.63) is 95.6 Å². The van der Waals surface area contributed by atoms with E-state index < -0.39 is 89.7 Å². The Kier molecular flexibility index (Phi) is 17.0. The molecule has 0 aromatic heterocycles. The summed E-state index contributed by atoms with van der Waals surface area (Å²) in [5.41, 5.74) is 0.717. The van der Waals surface area contributed by atoms with Gasteiger partial charge in [0.2, 0.25) is 29.4 Å². The summed E-state index contributed by atoms with van der Waals surface area (Å²) in [5, 5.41) is 25.3. The Balaban J connectivity index is 1.40. The van der Waals surface area contributed by atoms with E-state index in [1.807, 2.05) is 0 Å². The lowest BCUT2D eigenvalue weighted by Crippen LogP contribution is -2.60. The van der Waals surface area contributed by atoms with Crippen LogP contribution in [0, 0.1) is 5.92 Å². The summed E-state index contributed by atoms with van der Waals surface area (Å²) in [6.07, 6.45) is 3.31. The maximum absolute atomic E-state index is 14.5. The third kappa shape index (κ3) is 14.4. The molecule has 6 rings (SSSR count). The van der Waals surface area contributed by atoms with Gasteiger partial charge >= 0.3 is 12.1 Å². The van der Waals surface area contributed by atoms with Crippen LogP contribution in [0.25, 0.3) is 0 Å². The largest absolute Gasteiger partial charge is 0.479 e. The lowest BCUT2D eigenvalue weighted by molar-refractivity contribution is -0.142. The molecule has 0 radical (unpaired) electrons. The summed E-state index contributed by atoms with van der Waals surface area (Å²) < 4.78 is 11.6. The molecular weight excluding hydrogens is 825 g/mol. The Morgan fingerprint density at radius 3 is 2.17 bits per heavy atom. The molecule has 17 heteroatoms. The minimum Gasteiger partial charge on any atom is -0.479 e. The fraction of sp³-hybridized carbons (Fsp3) is 0.447. The highest BCUT2D eigenvalue weighted by Crippen LogP contribution is 2.28. The van der Waals surface area contributed by atoms with Gasteiger partial charge in [-0.15, -0.1) is 0 Å². The third-order valence-electron chi connectivity index (χ3n) is 10.8. The molecule has 3 aromatic rings. The molecule has 3 aromatic carbocycles. The number of carboxylic acid groups (broad SMARTS) is 1. The predicted molar refractivity (Wildman–Crippen MR) is 234 cm³/mol. The smallest absolute Gasteiger partial charge is 0.408 e. The van der Waals surface area contributed by atoms with Crippen LogP contribution in [0.1, 0.15) is 95.4 Å². The van der Waals surface area contributed by atoms with Gasteiger partial charge in [-0.25, -0.2) is 9.59 Å². The first-order chi connectivity index (χ1) is 30.5. The number of nitrogens with one attached hydrogen (secondary N) is 6. The normalized spacial score (nSPS) is 19.2. The number of ether oxygens (including phenoxy) is 2. The Labute approximate surface area is 372 Å². The van der Waals surface area contributed by atoms with E-state index in [9.17, 15) is 43.5 Å². The third-order valence-corrected chi connectivity index (χ3v) is 10.8. The van der Waals surface area contributed by atoms with Crippen molar-refractivity contribution in [3.8, 4) is 11.5 Å². The van der Waals surface area contributed by atoms with Gasteiger partial charge in [0.1, 0.15) is 35.2 Å². The number of rotatable bonds is 13. The Morgan fingerprint density at radius 1 is 0.812 bits per heavy atom. The summed E-state index contributed by atoms with van der Waals surface area (Å²) in [4.78, 5) is 107. The van der Waals surface area contributed by atoms with Gasteiger partial charge in [0, 0.05) is 12.8 Å². The number of amides is 6. The van der Waals surface area contributed by atoms with Crippen molar-refractivity contribution < 1.29 is 52.9 Å². The van der Waals surface area contributed by atoms with Crippen LogP contribution in [0.2, 0.25) is 0 Å². The van der Waals surface area contributed by atoms with E-state index in [1.165, 1.54) is 12.1 Å². The van der Waals surface area contributed by atoms with Crippen LogP contribution in [0.5, 0.6) is 11.5 Å². The zero-order valence-electron chi connectivity index (χ0n) is 36.6. The monoisotopic (exact) mass is 882 g/mol. The van der Waals surface area contributed by atoms with Crippen molar-refractivity contribution in [2.75, 3.05) is 6.54 Å². The molecule has 0 spiro atoms. The molecule has 342 valence electrons. The van der Waals surface area contributed by atoms with Gasteiger partial charge < -0.3 is 46.5 Å². The molecule has 1 fully saturated rings. The minimum atomic E-state index is -1.41. The average Bonchev–Trinajstić information content (AvgIpc) is 3.26. The maximum atomic E-state index is 14.5. The van der Waals surface area contributed by atoms with Crippen LogP contribution in [-0.4, -0.2) is 88.8 Å². The number of alkyl carbamates (subject to hydrolysis) is 1. The van der Waals surface area contributed by atoms with Crippen LogP contribution in [-0.2, 0) is 51.1 Å². The van der Waals surface area contributed by atoms with Crippen LogP contribution >= 0.6 is 0 Å². The number of benzene rings is 3. The summed E-state index contributed by atoms with van der Waals surface area (Å²) in [5.74, 6) is -5.95. The second-order valence-electron chi connectivity index (χ2n) is 17.1. The zero-order valence-corrected chi connectivity index (χ0v) is 36.6. The Bertz CT molecular complexity index is 2150. The number of fused-ring (bicyclic) bond motifs is 10. The first-order valence-electron chi connectivity index (χ1n) is 21.6. The summed E-state index contributed by atoms with van der Waals surface area (Å²) in [6.45, 7) is 6.11. The van der Waals surface area contributed by atoms with E-state index in [0.29, 0.717) is 47.5 Å².